The molecule has 21 heavy (non-hydrogen) atoms. The Bertz CT molecular complexity index is 690. The monoisotopic (exact) mass is 344 g/mol. The van der Waals surface area contributed by atoms with Crippen molar-refractivity contribution >= 4 is 40.6 Å². The summed E-state index contributed by atoms with van der Waals surface area (Å²) in [5.74, 6) is 0.434. The van der Waals surface area contributed by atoms with Crippen LogP contribution in [0.1, 0.15) is 11.1 Å². The van der Waals surface area contributed by atoms with Crippen LogP contribution in [0.2, 0.25) is 15.1 Å². The lowest BCUT2D eigenvalue weighted by atomic mass is 10.2. The van der Waals surface area contributed by atoms with Crippen LogP contribution in [-0.2, 0) is 6.61 Å². The van der Waals surface area contributed by atoms with Gasteiger partial charge in [-0.2, -0.15) is 0 Å². The summed E-state index contributed by atoms with van der Waals surface area (Å²) in [5, 5.41) is 13.0. The van der Waals surface area contributed by atoms with E-state index in [0.29, 0.717) is 26.4 Å². The molecule has 0 atom stereocenters. The summed E-state index contributed by atoms with van der Waals surface area (Å²) in [5.41, 5.74) is 6.73. The molecule has 0 amide bonds. The van der Waals surface area contributed by atoms with Gasteiger partial charge in [0.1, 0.15) is 12.4 Å². The third-order valence-electron chi connectivity index (χ3n) is 2.73. The molecule has 4 nitrogen and oxygen atoms in total. The van der Waals surface area contributed by atoms with E-state index in [1.807, 2.05) is 0 Å². The normalized spacial score (nSPS) is 11.5. The number of halogens is 3. The quantitative estimate of drug-likeness (QED) is 0.375. The van der Waals surface area contributed by atoms with Crippen molar-refractivity contribution in [2.24, 2.45) is 10.9 Å². The third-order valence-corrected chi connectivity index (χ3v) is 3.63. The summed E-state index contributed by atoms with van der Waals surface area (Å²) in [6.07, 6.45) is 0. The topological polar surface area (TPSA) is 67.8 Å². The first-order valence-corrected chi connectivity index (χ1v) is 6.99. The second kappa shape index (κ2) is 6.89. The Hall–Kier alpha value is -1.62. The molecular formula is C14H11Cl3N2O2. The van der Waals surface area contributed by atoms with Gasteiger partial charge in [0.25, 0.3) is 0 Å². The van der Waals surface area contributed by atoms with Crippen molar-refractivity contribution in [3.05, 3.63) is 62.6 Å². The van der Waals surface area contributed by atoms with E-state index in [0.717, 1.165) is 5.56 Å². The molecule has 0 fully saturated rings. The van der Waals surface area contributed by atoms with Gasteiger partial charge < -0.3 is 15.7 Å². The van der Waals surface area contributed by atoms with E-state index in [9.17, 15) is 0 Å². The summed E-state index contributed by atoms with van der Waals surface area (Å²) in [7, 11) is 0. The Kier molecular flexibility index (Phi) is 5.17. The average molecular weight is 346 g/mol. The minimum absolute atomic E-state index is 0.0265. The highest BCUT2D eigenvalue weighted by Gasteiger charge is 2.08. The fraction of sp³-hybridized carbons (Fsp3) is 0.0714. The SMILES string of the molecule is NC(=NO)c1ccc(OCc2cc(Cl)ccc2Cl)c(Cl)c1. The van der Waals surface area contributed by atoms with Gasteiger partial charge in [-0.05, 0) is 36.4 Å². The highest BCUT2D eigenvalue weighted by molar-refractivity contribution is 6.33. The zero-order valence-electron chi connectivity index (χ0n) is 10.7. The van der Waals surface area contributed by atoms with Crippen molar-refractivity contribution in [3.63, 3.8) is 0 Å². The molecule has 0 saturated carbocycles. The molecule has 0 unspecified atom stereocenters. The molecule has 0 radical (unpaired) electrons. The van der Waals surface area contributed by atoms with Crippen molar-refractivity contribution in [1.29, 1.82) is 0 Å². The molecular weight excluding hydrogens is 335 g/mol. The molecule has 0 aliphatic carbocycles. The molecule has 7 heteroatoms. The van der Waals surface area contributed by atoms with Crippen LogP contribution in [-0.4, -0.2) is 11.0 Å². The lowest BCUT2D eigenvalue weighted by Gasteiger charge is -2.10. The summed E-state index contributed by atoms with van der Waals surface area (Å²) in [6.45, 7) is 0.224. The van der Waals surface area contributed by atoms with Crippen molar-refractivity contribution in [3.8, 4) is 5.75 Å². The van der Waals surface area contributed by atoms with Gasteiger partial charge >= 0.3 is 0 Å². The highest BCUT2D eigenvalue weighted by Crippen LogP contribution is 2.28. The zero-order chi connectivity index (χ0) is 15.4. The summed E-state index contributed by atoms with van der Waals surface area (Å²) in [6, 6.07) is 9.94. The van der Waals surface area contributed by atoms with Crippen molar-refractivity contribution in [2.45, 2.75) is 6.61 Å². The Morgan fingerprint density at radius 1 is 1.10 bits per heavy atom. The number of nitrogens with zero attached hydrogens (tertiary/aromatic N) is 1. The van der Waals surface area contributed by atoms with Crippen LogP contribution in [0.3, 0.4) is 0 Å². The van der Waals surface area contributed by atoms with Crippen LogP contribution in [0.25, 0.3) is 0 Å². The number of ether oxygens (including phenoxy) is 1. The first-order chi connectivity index (χ1) is 10.0. The first kappa shape index (κ1) is 15.8. The lowest BCUT2D eigenvalue weighted by molar-refractivity contribution is 0.306. The number of nitrogens with two attached hydrogens (primary N) is 1. The molecule has 110 valence electrons. The molecule has 0 heterocycles. The van der Waals surface area contributed by atoms with Gasteiger partial charge in [-0.3, -0.25) is 0 Å². The van der Waals surface area contributed by atoms with Crippen LogP contribution in [0.4, 0.5) is 0 Å². The molecule has 0 aliphatic heterocycles. The molecule has 0 saturated heterocycles. The Balaban J connectivity index is 2.15. The second-order valence-electron chi connectivity index (χ2n) is 4.15. The van der Waals surface area contributed by atoms with Gasteiger partial charge in [-0.1, -0.05) is 40.0 Å². The Morgan fingerprint density at radius 2 is 1.86 bits per heavy atom. The predicted molar refractivity (Wildman–Crippen MR) is 84.8 cm³/mol. The zero-order valence-corrected chi connectivity index (χ0v) is 13.0. The van der Waals surface area contributed by atoms with Crippen molar-refractivity contribution in [2.75, 3.05) is 0 Å². The van der Waals surface area contributed by atoms with E-state index in [1.165, 1.54) is 0 Å². The van der Waals surface area contributed by atoms with Crippen LogP contribution in [0.5, 0.6) is 5.75 Å². The molecule has 2 rings (SSSR count). The second-order valence-corrected chi connectivity index (χ2v) is 5.41. The maximum absolute atomic E-state index is 8.62. The van der Waals surface area contributed by atoms with E-state index in [2.05, 4.69) is 5.16 Å². The highest BCUT2D eigenvalue weighted by atomic mass is 35.5. The summed E-state index contributed by atoms with van der Waals surface area (Å²) >= 11 is 18.1. The van der Waals surface area contributed by atoms with E-state index in [4.69, 9.17) is 50.5 Å². The summed E-state index contributed by atoms with van der Waals surface area (Å²) < 4.78 is 5.61. The largest absolute Gasteiger partial charge is 0.487 e. The molecule has 0 spiro atoms. The minimum atomic E-state index is -0.0265. The maximum atomic E-state index is 8.62. The van der Waals surface area contributed by atoms with Gasteiger partial charge in [0, 0.05) is 21.2 Å². The van der Waals surface area contributed by atoms with E-state index < -0.39 is 0 Å². The Morgan fingerprint density at radius 3 is 2.52 bits per heavy atom. The number of hydrogen-bond donors (Lipinski definition) is 2. The fourth-order valence-corrected chi connectivity index (χ4v) is 2.25. The van der Waals surface area contributed by atoms with Crippen molar-refractivity contribution < 1.29 is 9.94 Å². The Labute approximate surface area is 136 Å². The lowest BCUT2D eigenvalue weighted by Crippen LogP contribution is -2.12. The van der Waals surface area contributed by atoms with Crippen LogP contribution >= 0.6 is 34.8 Å². The van der Waals surface area contributed by atoms with Crippen LogP contribution < -0.4 is 10.5 Å². The summed E-state index contributed by atoms with van der Waals surface area (Å²) in [4.78, 5) is 0. The van der Waals surface area contributed by atoms with Gasteiger partial charge in [0.05, 0.1) is 5.02 Å². The number of hydrogen-bond acceptors (Lipinski definition) is 3. The fourth-order valence-electron chi connectivity index (χ4n) is 1.64. The van der Waals surface area contributed by atoms with Crippen LogP contribution in [0.15, 0.2) is 41.6 Å². The average Bonchev–Trinajstić information content (AvgIpc) is 2.48. The number of rotatable bonds is 4. The first-order valence-electron chi connectivity index (χ1n) is 5.85. The van der Waals surface area contributed by atoms with E-state index in [-0.39, 0.29) is 12.4 Å². The van der Waals surface area contributed by atoms with Gasteiger partial charge in [-0.25, -0.2) is 0 Å². The molecule has 3 N–H and O–H groups in total. The maximum Gasteiger partial charge on any atom is 0.170 e. The van der Waals surface area contributed by atoms with Crippen molar-refractivity contribution in [1.82, 2.24) is 0 Å². The predicted octanol–water partition coefficient (Wildman–Crippen LogP) is 4.32. The molecule has 0 aromatic heterocycles. The standard InChI is InChI=1S/C14H11Cl3N2O2/c15-10-2-3-11(16)9(5-10)7-21-13-4-1-8(6-12(13)17)14(18)19-20/h1-6,20H,7H2,(H2,18,19). The number of oxime groups is 1. The number of amidine groups is 1. The number of benzene rings is 2. The van der Waals surface area contributed by atoms with E-state index >= 15 is 0 Å². The molecule has 2 aromatic rings. The van der Waals surface area contributed by atoms with Crippen LogP contribution in [0, 0.1) is 0 Å². The van der Waals surface area contributed by atoms with Gasteiger partial charge in [0.15, 0.2) is 5.84 Å². The van der Waals surface area contributed by atoms with Gasteiger partial charge in [0.2, 0.25) is 0 Å². The molecule has 2 aromatic carbocycles. The smallest absolute Gasteiger partial charge is 0.170 e. The molecule has 0 bridgehead atoms. The van der Waals surface area contributed by atoms with E-state index in [1.54, 1.807) is 36.4 Å². The minimum Gasteiger partial charge on any atom is -0.487 e. The van der Waals surface area contributed by atoms with Gasteiger partial charge in [-0.15, -0.1) is 0 Å². The molecule has 0 aliphatic rings. The third kappa shape index (κ3) is 3.94.